The van der Waals surface area contributed by atoms with Crippen LogP contribution >= 0.6 is 0 Å². The molecule has 2 aromatic carbocycles. The van der Waals surface area contributed by atoms with E-state index in [-0.39, 0.29) is 10.8 Å². The van der Waals surface area contributed by atoms with Crippen LogP contribution in [0.3, 0.4) is 0 Å². The lowest BCUT2D eigenvalue weighted by molar-refractivity contribution is -0.433. The number of benzene rings is 2. The zero-order valence-corrected chi connectivity index (χ0v) is 21.6. The number of ether oxygens (including phenoxy) is 1. The van der Waals surface area contributed by atoms with Crippen molar-refractivity contribution >= 4 is 23.6 Å². The van der Waals surface area contributed by atoms with Gasteiger partial charge in [-0.1, -0.05) is 37.6 Å². The lowest BCUT2D eigenvalue weighted by atomic mass is 9.80. The highest BCUT2D eigenvalue weighted by Crippen LogP contribution is 2.48. The summed E-state index contributed by atoms with van der Waals surface area (Å²) >= 11 is 0. The van der Waals surface area contributed by atoms with E-state index in [4.69, 9.17) is 4.74 Å². The molecule has 0 aliphatic carbocycles. The molecule has 178 valence electrons. The van der Waals surface area contributed by atoms with E-state index in [9.17, 15) is 4.79 Å². The van der Waals surface area contributed by atoms with Crippen LogP contribution in [0, 0.1) is 6.92 Å². The number of nitrogens with zero attached hydrogens (tertiary/aromatic N) is 2. The van der Waals surface area contributed by atoms with E-state index in [1.54, 1.807) is 0 Å². The molecule has 34 heavy (non-hydrogen) atoms. The number of allylic oxidation sites excluding steroid dienone is 4. The van der Waals surface area contributed by atoms with Gasteiger partial charge in [0.2, 0.25) is 5.69 Å². The summed E-state index contributed by atoms with van der Waals surface area (Å²) in [5.74, 6) is 0. The van der Waals surface area contributed by atoms with Crippen LogP contribution in [0.4, 0.5) is 11.4 Å². The maximum Gasteiger partial charge on any atom is 0.293 e. The lowest BCUT2D eigenvalue weighted by Gasteiger charge is -2.25. The molecule has 2 aliphatic heterocycles. The van der Waals surface area contributed by atoms with Gasteiger partial charge >= 0.3 is 0 Å². The van der Waals surface area contributed by atoms with Crippen LogP contribution in [0.25, 0.3) is 0 Å². The number of fused-ring (bicyclic) bond motifs is 2. The van der Waals surface area contributed by atoms with Crippen molar-refractivity contribution in [1.29, 1.82) is 0 Å². The van der Waals surface area contributed by atoms with E-state index < -0.39 is 0 Å². The van der Waals surface area contributed by atoms with Crippen molar-refractivity contribution in [2.75, 3.05) is 18.0 Å². The molecule has 0 radical (unpaired) electrons. The van der Waals surface area contributed by atoms with Crippen molar-refractivity contribution in [1.82, 2.24) is 0 Å². The number of rotatable bonds is 7. The molecule has 0 saturated carbocycles. The molecular weight excluding hydrogens is 420 g/mol. The fourth-order valence-corrected chi connectivity index (χ4v) is 5.64. The Bertz CT molecular complexity index is 1210. The van der Waals surface area contributed by atoms with Crippen molar-refractivity contribution in [3.05, 3.63) is 82.6 Å². The zero-order chi connectivity index (χ0) is 24.7. The van der Waals surface area contributed by atoms with E-state index in [2.05, 4.69) is 113 Å². The van der Waals surface area contributed by atoms with Crippen molar-refractivity contribution in [2.24, 2.45) is 0 Å². The van der Waals surface area contributed by atoms with Gasteiger partial charge in [0.05, 0.1) is 5.41 Å². The largest absolute Gasteiger partial charge is 0.463 e. The minimum Gasteiger partial charge on any atom is -0.463 e. The highest BCUT2D eigenvalue weighted by molar-refractivity contribution is 6.03. The first-order valence-electron chi connectivity index (χ1n) is 12.3. The zero-order valence-electron chi connectivity index (χ0n) is 21.6. The molecular formula is C30H37N2O2+. The highest BCUT2D eigenvalue weighted by Gasteiger charge is 2.44. The molecule has 0 fully saturated rings. The van der Waals surface area contributed by atoms with Gasteiger partial charge in [0.1, 0.15) is 13.2 Å². The number of carbonyl (C=O) groups is 1. The van der Waals surface area contributed by atoms with Crippen molar-refractivity contribution < 1.29 is 14.1 Å². The van der Waals surface area contributed by atoms with E-state index in [1.165, 1.54) is 39.5 Å². The maximum absolute atomic E-state index is 10.6. The molecule has 4 rings (SSSR count). The minimum atomic E-state index is -0.146. The first-order valence-corrected chi connectivity index (χ1v) is 12.3. The van der Waals surface area contributed by atoms with Crippen LogP contribution < -0.4 is 4.90 Å². The molecule has 0 spiro atoms. The molecule has 2 aromatic rings. The Hall–Kier alpha value is -3.14. The second-order valence-electron chi connectivity index (χ2n) is 10.3. The number of likely N-dealkylation sites (N-methyl/N-ethyl adjacent to an activating group) is 1. The number of hydrogen-bond acceptors (Lipinski definition) is 3. The van der Waals surface area contributed by atoms with Gasteiger partial charge in [0.25, 0.3) is 6.47 Å². The Balaban J connectivity index is 1.71. The lowest BCUT2D eigenvalue weighted by Crippen LogP contribution is -2.28. The Morgan fingerprint density at radius 2 is 1.76 bits per heavy atom. The van der Waals surface area contributed by atoms with Gasteiger partial charge < -0.3 is 9.64 Å². The van der Waals surface area contributed by atoms with Gasteiger partial charge in [-0.3, -0.25) is 4.79 Å². The molecule has 0 N–H and O–H groups in total. The molecule has 0 saturated heterocycles. The summed E-state index contributed by atoms with van der Waals surface area (Å²) in [6, 6.07) is 13.2. The van der Waals surface area contributed by atoms with Crippen LogP contribution in [0.2, 0.25) is 0 Å². The quantitative estimate of drug-likeness (QED) is 0.360. The average molecular weight is 458 g/mol. The summed E-state index contributed by atoms with van der Waals surface area (Å²) in [6.45, 7) is 18.4. The topological polar surface area (TPSA) is 32.5 Å². The summed E-state index contributed by atoms with van der Waals surface area (Å²) in [4.78, 5) is 13.1. The summed E-state index contributed by atoms with van der Waals surface area (Å²) in [5.41, 5.74) is 9.96. The molecule has 0 amide bonds. The third kappa shape index (κ3) is 3.79. The predicted octanol–water partition coefficient (Wildman–Crippen LogP) is 6.32. The average Bonchev–Trinajstić information content (AvgIpc) is 3.15. The van der Waals surface area contributed by atoms with E-state index in [0.717, 1.165) is 18.7 Å². The standard InChI is InChI=1S/C30H37N2O2/c1-8-31-25-15-13-21(3)17-23(25)29(4,5)27(31)11-10-12-28-30(6,7)24-18-22(19-34-20-33)14-16-26(24)32(28)9-2/h10-18,20H,8-9,19H2,1-7H3/q+1. The minimum absolute atomic E-state index is 0.0432. The first-order chi connectivity index (χ1) is 16.2. The number of anilines is 1. The molecule has 0 atom stereocenters. The molecule has 0 unspecified atom stereocenters. The van der Waals surface area contributed by atoms with Crippen LogP contribution in [0.5, 0.6) is 0 Å². The molecule has 0 aromatic heterocycles. The van der Waals surface area contributed by atoms with Gasteiger partial charge in [-0.05, 0) is 70.0 Å². The Kier molecular flexibility index (Phi) is 6.28. The van der Waals surface area contributed by atoms with Crippen LogP contribution in [0.1, 0.15) is 63.8 Å². The van der Waals surface area contributed by atoms with Gasteiger partial charge in [-0.2, -0.15) is 4.58 Å². The molecule has 4 heteroatoms. The second kappa shape index (κ2) is 8.90. The summed E-state index contributed by atoms with van der Waals surface area (Å²) in [7, 11) is 0. The van der Waals surface area contributed by atoms with E-state index in [0.29, 0.717) is 13.1 Å². The second-order valence-corrected chi connectivity index (χ2v) is 10.3. The third-order valence-electron chi connectivity index (χ3n) is 7.46. The van der Waals surface area contributed by atoms with Crippen molar-refractivity contribution in [3.8, 4) is 0 Å². The maximum atomic E-state index is 10.6. The van der Waals surface area contributed by atoms with E-state index >= 15 is 0 Å². The fourth-order valence-electron chi connectivity index (χ4n) is 5.64. The van der Waals surface area contributed by atoms with Gasteiger partial charge in [0.15, 0.2) is 5.71 Å². The van der Waals surface area contributed by atoms with Crippen molar-refractivity contribution in [2.45, 2.75) is 65.9 Å². The van der Waals surface area contributed by atoms with Crippen LogP contribution in [-0.2, 0) is 27.0 Å². The summed E-state index contributed by atoms with van der Waals surface area (Å²) < 4.78 is 7.39. The number of aryl methyl sites for hydroxylation is 1. The Morgan fingerprint density at radius 3 is 2.44 bits per heavy atom. The normalized spacial score (nSPS) is 19.1. The fraction of sp³-hybridized carbons (Fsp3) is 0.400. The number of hydrogen-bond donors (Lipinski definition) is 0. The molecule has 4 nitrogen and oxygen atoms in total. The number of carbonyl (C=O) groups excluding carboxylic acids is 1. The summed E-state index contributed by atoms with van der Waals surface area (Å²) in [5, 5.41) is 0. The third-order valence-corrected chi connectivity index (χ3v) is 7.46. The van der Waals surface area contributed by atoms with Crippen LogP contribution in [0.15, 0.2) is 60.3 Å². The van der Waals surface area contributed by atoms with Crippen molar-refractivity contribution in [3.63, 3.8) is 0 Å². The summed E-state index contributed by atoms with van der Waals surface area (Å²) in [6.07, 6.45) is 6.79. The van der Waals surface area contributed by atoms with Gasteiger partial charge in [-0.15, -0.1) is 0 Å². The van der Waals surface area contributed by atoms with Crippen LogP contribution in [-0.4, -0.2) is 29.8 Å². The monoisotopic (exact) mass is 457 g/mol. The Morgan fingerprint density at radius 1 is 1.00 bits per heavy atom. The smallest absolute Gasteiger partial charge is 0.293 e. The van der Waals surface area contributed by atoms with Gasteiger partial charge in [-0.25, -0.2) is 0 Å². The molecule has 0 bridgehead atoms. The predicted molar refractivity (Wildman–Crippen MR) is 140 cm³/mol. The first kappa shape index (κ1) is 24.0. The van der Waals surface area contributed by atoms with E-state index in [1.807, 2.05) is 0 Å². The molecule has 2 heterocycles. The SMILES string of the molecule is CCN1/C(=C/C=CC2=[N+](CC)c3ccc(COC=O)cc3C2(C)C)C(C)(C)c2cc(C)ccc21. The van der Waals surface area contributed by atoms with Gasteiger partial charge in [0, 0.05) is 41.1 Å². The highest BCUT2D eigenvalue weighted by atomic mass is 16.5. The Labute approximate surface area is 204 Å². The molecule has 2 aliphatic rings.